The third-order valence-corrected chi connectivity index (χ3v) is 4.47. The van der Waals surface area contributed by atoms with E-state index in [1.807, 2.05) is 0 Å². The number of benzene rings is 2. The third kappa shape index (κ3) is 4.05. The Labute approximate surface area is 139 Å². The Balaban J connectivity index is 1.60. The summed E-state index contributed by atoms with van der Waals surface area (Å²) >= 11 is 0. The molecule has 0 aromatic heterocycles. The molecule has 23 heavy (non-hydrogen) atoms. The molecule has 0 unspecified atom stereocenters. The van der Waals surface area contributed by atoms with Gasteiger partial charge in [0.05, 0.1) is 12.8 Å². The lowest BCUT2D eigenvalue weighted by Gasteiger charge is -2.21. The predicted molar refractivity (Wildman–Crippen MR) is 96.2 cm³/mol. The number of hydrogen-bond donors (Lipinski definition) is 1. The summed E-state index contributed by atoms with van der Waals surface area (Å²) in [5, 5.41) is 3.51. The quantitative estimate of drug-likeness (QED) is 0.876. The van der Waals surface area contributed by atoms with Crippen LogP contribution in [0.15, 0.2) is 42.5 Å². The van der Waals surface area contributed by atoms with E-state index in [9.17, 15) is 0 Å². The Kier molecular flexibility index (Phi) is 5.19. The van der Waals surface area contributed by atoms with Gasteiger partial charge in [0.2, 0.25) is 0 Å². The van der Waals surface area contributed by atoms with Crippen LogP contribution in [-0.2, 0) is 13.1 Å². The molecular formula is C20H26N2O. The molecule has 1 N–H and O–H groups in total. The molecule has 3 heteroatoms. The van der Waals surface area contributed by atoms with E-state index in [-0.39, 0.29) is 0 Å². The van der Waals surface area contributed by atoms with Crippen LogP contribution < -0.4 is 15.0 Å². The zero-order valence-electron chi connectivity index (χ0n) is 14.1. The van der Waals surface area contributed by atoms with Crippen molar-refractivity contribution in [2.45, 2.75) is 32.9 Å². The first-order valence-corrected chi connectivity index (χ1v) is 8.44. The van der Waals surface area contributed by atoms with E-state index in [1.165, 1.54) is 35.2 Å². The third-order valence-electron chi connectivity index (χ3n) is 4.47. The van der Waals surface area contributed by atoms with Crippen molar-refractivity contribution in [3.05, 3.63) is 59.2 Å². The molecule has 1 fully saturated rings. The van der Waals surface area contributed by atoms with Gasteiger partial charge in [-0.2, -0.15) is 0 Å². The van der Waals surface area contributed by atoms with Crippen molar-refractivity contribution in [2.24, 2.45) is 0 Å². The fourth-order valence-corrected chi connectivity index (χ4v) is 3.11. The van der Waals surface area contributed by atoms with Crippen molar-refractivity contribution >= 4 is 5.69 Å². The van der Waals surface area contributed by atoms with Crippen LogP contribution in [0.2, 0.25) is 0 Å². The molecule has 1 heterocycles. The summed E-state index contributed by atoms with van der Waals surface area (Å²) in [6.07, 6.45) is 2.56. The molecule has 0 atom stereocenters. The van der Waals surface area contributed by atoms with Crippen molar-refractivity contribution in [1.82, 2.24) is 5.32 Å². The second-order valence-electron chi connectivity index (χ2n) is 6.29. The summed E-state index contributed by atoms with van der Waals surface area (Å²) in [6.45, 7) is 6.13. The minimum atomic E-state index is 0.852. The molecule has 122 valence electrons. The SMILES string of the molecule is COc1cc(CNCc2ccc(C)cc2)ccc1N1CCCC1. The van der Waals surface area contributed by atoms with E-state index in [2.05, 4.69) is 59.6 Å². The van der Waals surface area contributed by atoms with E-state index < -0.39 is 0 Å². The van der Waals surface area contributed by atoms with Gasteiger partial charge in [-0.3, -0.25) is 0 Å². The summed E-state index contributed by atoms with van der Waals surface area (Å²) in [7, 11) is 1.76. The molecule has 1 aliphatic rings. The van der Waals surface area contributed by atoms with Crippen molar-refractivity contribution in [3.8, 4) is 5.75 Å². The molecule has 0 bridgehead atoms. The summed E-state index contributed by atoms with van der Waals surface area (Å²) in [5.41, 5.74) is 5.11. The number of hydrogen-bond acceptors (Lipinski definition) is 3. The normalized spacial score (nSPS) is 14.3. The second-order valence-corrected chi connectivity index (χ2v) is 6.29. The Morgan fingerprint density at radius 2 is 1.61 bits per heavy atom. The van der Waals surface area contributed by atoms with Crippen LogP contribution in [0.4, 0.5) is 5.69 Å². The Morgan fingerprint density at radius 1 is 0.957 bits per heavy atom. The number of rotatable bonds is 6. The first kappa shape index (κ1) is 15.9. The molecule has 2 aromatic rings. The van der Waals surface area contributed by atoms with Crippen LogP contribution in [0.25, 0.3) is 0 Å². The number of aryl methyl sites for hydroxylation is 1. The predicted octanol–water partition coefficient (Wildman–Crippen LogP) is 3.89. The molecule has 1 saturated heterocycles. The van der Waals surface area contributed by atoms with Gasteiger partial charge in [-0.05, 0) is 43.0 Å². The van der Waals surface area contributed by atoms with Crippen molar-refractivity contribution in [2.75, 3.05) is 25.1 Å². The maximum absolute atomic E-state index is 5.61. The van der Waals surface area contributed by atoms with E-state index in [1.54, 1.807) is 7.11 Å². The number of methoxy groups -OCH3 is 1. The summed E-state index contributed by atoms with van der Waals surface area (Å²) < 4.78 is 5.61. The minimum Gasteiger partial charge on any atom is -0.495 e. The highest BCUT2D eigenvalue weighted by Gasteiger charge is 2.16. The highest BCUT2D eigenvalue weighted by atomic mass is 16.5. The molecule has 0 saturated carbocycles. The molecule has 3 rings (SSSR count). The van der Waals surface area contributed by atoms with Crippen LogP contribution in [0.3, 0.4) is 0 Å². The van der Waals surface area contributed by atoms with Gasteiger partial charge in [0.15, 0.2) is 0 Å². The zero-order valence-corrected chi connectivity index (χ0v) is 14.1. The monoisotopic (exact) mass is 310 g/mol. The lowest BCUT2D eigenvalue weighted by molar-refractivity contribution is 0.414. The first-order chi connectivity index (χ1) is 11.3. The highest BCUT2D eigenvalue weighted by molar-refractivity contribution is 5.60. The Hall–Kier alpha value is -2.00. The summed E-state index contributed by atoms with van der Waals surface area (Å²) in [4.78, 5) is 2.42. The average Bonchev–Trinajstić information content (AvgIpc) is 3.11. The zero-order chi connectivity index (χ0) is 16.1. The number of nitrogens with one attached hydrogen (secondary N) is 1. The minimum absolute atomic E-state index is 0.852. The number of nitrogens with zero attached hydrogens (tertiary/aromatic N) is 1. The number of anilines is 1. The lowest BCUT2D eigenvalue weighted by atomic mass is 10.1. The molecule has 0 spiro atoms. The van der Waals surface area contributed by atoms with Gasteiger partial charge in [0.25, 0.3) is 0 Å². The van der Waals surface area contributed by atoms with Crippen molar-refractivity contribution in [3.63, 3.8) is 0 Å². The van der Waals surface area contributed by atoms with Crippen LogP contribution in [-0.4, -0.2) is 20.2 Å². The van der Waals surface area contributed by atoms with E-state index >= 15 is 0 Å². The van der Waals surface area contributed by atoms with Crippen molar-refractivity contribution in [1.29, 1.82) is 0 Å². The van der Waals surface area contributed by atoms with Crippen LogP contribution in [0, 0.1) is 6.92 Å². The average molecular weight is 310 g/mol. The maximum atomic E-state index is 5.61. The molecule has 1 aliphatic heterocycles. The molecule has 3 nitrogen and oxygen atoms in total. The van der Waals surface area contributed by atoms with Crippen molar-refractivity contribution < 1.29 is 4.74 Å². The van der Waals surface area contributed by atoms with Gasteiger partial charge in [-0.1, -0.05) is 35.9 Å². The van der Waals surface area contributed by atoms with Gasteiger partial charge in [0.1, 0.15) is 5.75 Å². The smallest absolute Gasteiger partial charge is 0.142 e. The summed E-state index contributed by atoms with van der Waals surface area (Å²) in [5.74, 6) is 0.988. The van der Waals surface area contributed by atoms with Crippen LogP contribution >= 0.6 is 0 Å². The van der Waals surface area contributed by atoms with Crippen LogP contribution in [0.1, 0.15) is 29.5 Å². The van der Waals surface area contributed by atoms with E-state index in [0.29, 0.717) is 0 Å². The topological polar surface area (TPSA) is 24.5 Å². The fourth-order valence-electron chi connectivity index (χ4n) is 3.11. The van der Waals surface area contributed by atoms with Gasteiger partial charge < -0.3 is 15.0 Å². The van der Waals surface area contributed by atoms with E-state index in [0.717, 1.165) is 31.9 Å². The highest BCUT2D eigenvalue weighted by Crippen LogP contribution is 2.31. The van der Waals surface area contributed by atoms with Gasteiger partial charge in [0, 0.05) is 26.2 Å². The maximum Gasteiger partial charge on any atom is 0.142 e. The molecule has 0 amide bonds. The second kappa shape index (κ2) is 7.51. The largest absolute Gasteiger partial charge is 0.495 e. The van der Waals surface area contributed by atoms with Crippen LogP contribution in [0.5, 0.6) is 5.75 Å². The fraction of sp³-hybridized carbons (Fsp3) is 0.400. The Bertz CT molecular complexity index is 631. The van der Waals surface area contributed by atoms with Gasteiger partial charge in [-0.15, -0.1) is 0 Å². The standard InChI is InChI=1S/C20H26N2O/c1-16-5-7-17(8-6-16)14-21-15-18-9-10-19(20(13-18)23-2)22-11-3-4-12-22/h5-10,13,21H,3-4,11-12,14-15H2,1-2H3. The summed E-state index contributed by atoms with van der Waals surface area (Å²) in [6, 6.07) is 15.2. The van der Waals surface area contributed by atoms with E-state index in [4.69, 9.17) is 4.74 Å². The molecule has 0 radical (unpaired) electrons. The van der Waals surface area contributed by atoms with Gasteiger partial charge >= 0.3 is 0 Å². The van der Waals surface area contributed by atoms with Gasteiger partial charge in [-0.25, -0.2) is 0 Å². The lowest BCUT2D eigenvalue weighted by Crippen LogP contribution is -2.19. The molecular weight excluding hydrogens is 284 g/mol. The number of ether oxygens (including phenoxy) is 1. The molecule has 0 aliphatic carbocycles. The molecule has 2 aromatic carbocycles. The Morgan fingerprint density at radius 3 is 2.30 bits per heavy atom. The first-order valence-electron chi connectivity index (χ1n) is 8.44.